The molecule has 0 N–H and O–H groups in total. The van der Waals surface area contributed by atoms with Gasteiger partial charge in [0.2, 0.25) is 0 Å². The number of rotatable bonds is 5. The van der Waals surface area contributed by atoms with E-state index in [-0.39, 0.29) is 30.2 Å². The molecular formula is C20H25FN2O4S. The van der Waals surface area contributed by atoms with Crippen molar-refractivity contribution in [3.05, 3.63) is 17.9 Å². The summed E-state index contributed by atoms with van der Waals surface area (Å²) in [5.74, 6) is 2.17. The average Bonchev–Trinajstić information content (AvgIpc) is 3.02. The lowest BCUT2D eigenvalue weighted by molar-refractivity contribution is -0.122. The molecule has 6 nitrogen and oxygen atoms in total. The first kappa shape index (κ1) is 19.4. The third-order valence-corrected chi connectivity index (χ3v) is 6.52. The molecule has 1 aromatic carbocycles. The van der Waals surface area contributed by atoms with Crippen LogP contribution in [0.3, 0.4) is 0 Å². The minimum Gasteiger partial charge on any atom is -0.489 e. The fourth-order valence-corrected chi connectivity index (χ4v) is 4.81. The molecule has 3 aliphatic rings. The van der Waals surface area contributed by atoms with Gasteiger partial charge in [-0.3, -0.25) is 9.69 Å². The van der Waals surface area contributed by atoms with Crippen molar-refractivity contribution in [2.45, 2.75) is 38.8 Å². The molecule has 28 heavy (non-hydrogen) atoms. The zero-order valence-electron chi connectivity index (χ0n) is 16.2. The van der Waals surface area contributed by atoms with Crippen LogP contribution in [-0.4, -0.2) is 55.2 Å². The smallest absolute Gasteiger partial charge is 0.415 e. The molecule has 2 saturated heterocycles. The Kier molecular flexibility index (Phi) is 5.40. The second-order valence-corrected chi connectivity index (χ2v) is 8.93. The number of cyclic esters (lactones) is 1. The summed E-state index contributed by atoms with van der Waals surface area (Å²) in [6.07, 6.45) is -0.120. The summed E-state index contributed by atoms with van der Waals surface area (Å²) in [6, 6.07) is 2.73. The van der Waals surface area contributed by atoms with E-state index >= 15 is 0 Å². The number of fused-ring (bicyclic) bond motifs is 3. The van der Waals surface area contributed by atoms with Crippen LogP contribution in [-0.2, 0) is 9.53 Å². The van der Waals surface area contributed by atoms with Gasteiger partial charge >= 0.3 is 6.09 Å². The number of anilines is 2. The predicted octanol–water partition coefficient (Wildman–Crippen LogP) is 3.47. The number of benzene rings is 1. The molecule has 2 atom stereocenters. The summed E-state index contributed by atoms with van der Waals surface area (Å²) >= 11 is 1.86. The third-order valence-electron chi connectivity index (χ3n) is 5.58. The molecule has 4 rings (SSSR count). The highest BCUT2D eigenvalue weighted by atomic mass is 32.2. The van der Waals surface area contributed by atoms with Gasteiger partial charge in [0.15, 0.2) is 0 Å². The number of thioether (sulfide) groups is 1. The summed E-state index contributed by atoms with van der Waals surface area (Å²) < 4.78 is 26.3. The number of ketones is 1. The van der Waals surface area contributed by atoms with Crippen molar-refractivity contribution < 1.29 is 23.5 Å². The predicted molar refractivity (Wildman–Crippen MR) is 107 cm³/mol. The van der Waals surface area contributed by atoms with Crippen LogP contribution in [0, 0.1) is 11.7 Å². The van der Waals surface area contributed by atoms with Gasteiger partial charge in [0.1, 0.15) is 36.1 Å². The molecule has 3 heterocycles. The Morgan fingerprint density at radius 1 is 1.29 bits per heavy atom. The first-order chi connectivity index (χ1) is 13.5. The minimum absolute atomic E-state index is 0.0442. The molecule has 0 spiro atoms. The molecule has 1 amide bonds. The summed E-state index contributed by atoms with van der Waals surface area (Å²) in [6.45, 7) is 5.58. The van der Waals surface area contributed by atoms with Gasteiger partial charge in [-0.2, -0.15) is 11.8 Å². The summed E-state index contributed by atoms with van der Waals surface area (Å²) in [4.78, 5) is 27.9. The molecule has 2 fully saturated rings. The SMILES string of the molecule is CC(C)C(=O)CC[C@@H]1OC(=O)N2c3cc(F)c(N4CCSCC4)cc3OC[C@@H]12. The number of ether oxygens (including phenoxy) is 2. The van der Waals surface area contributed by atoms with Crippen molar-refractivity contribution in [3.8, 4) is 5.75 Å². The van der Waals surface area contributed by atoms with Crippen molar-refractivity contribution in [1.29, 1.82) is 0 Å². The van der Waals surface area contributed by atoms with Crippen LogP contribution in [0.15, 0.2) is 12.1 Å². The number of carbonyl (C=O) groups is 2. The Balaban J connectivity index is 1.54. The van der Waals surface area contributed by atoms with Gasteiger partial charge in [-0.25, -0.2) is 9.18 Å². The number of nitrogens with zero attached hydrogens (tertiary/aromatic N) is 2. The average molecular weight is 408 g/mol. The van der Waals surface area contributed by atoms with E-state index in [4.69, 9.17) is 9.47 Å². The Hall–Kier alpha value is -1.96. The highest BCUT2D eigenvalue weighted by molar-refractivity contribution is 7.99. The third kappa shape index (κ3) is 3.54. The molecule has 0 aromatic heterocycles. The van der Waals surface area contributed by atoms with Crippen LogP contribution in [0.1, 0.15) is 26.7 Å². The lowest BCUT2D eigenvalue weighted by atomic mass is 9.98. The second kappa shape index (κ2) is 7.81. The quantitative estimate of drug-likeness (QED) is 0.744. The Labute approximate surface area is 168 Å². The maximum atomic E-state index is 14.9. The fourth-order valence-electron chi connectivity index (χ4n) is 3.91. The van der Waals surface area contributed by atoms with Gasteiger partial charge in [0.25, 0.3) is 0 Å². The van der Waals surface area contributed by atoms with Gasteiger partial charge < -0.3 is 14.4 Å². The molecule has 0 bridgehead atoms. The van der Waals surface area contributed by atoms with Crippen molar-refractivity contribution in [2.75, 3.05) is 41.0 Å². The van der Waals surface area contributed by atoms with Gasteiger partial charge in [0, 0.05) is 49.1 Å². The Morgan fingerprint density at radius 2 is 2.04 bits per heavy atom. The number of amides is 1. The topological polar surface area (TPSA) is 59.1 Å². The highest BCUT2D eigenvalue weighted by Crippen LogP contribution is 2.43. The van der Waals surface area contributed by atoms with Crippen LogP contribution in [0.25, 0.3) is 0 Å². The van der Waals surface area contributed by atoms with Gasteiger partial charge in [-0.1, -0.05) is 13.8 Å². The van der Waals surface area contributed by atoms with Crippen LogP contribution in [0.5, 0.6) is 5.75 Å². The van der Waals surface area contributed by atoms with E-state index in [2.05, 4.69) is 0 Å². The molecule has 1 aromatic rings. The molecule has 0 aliphatic carbocycles. The lowest BCUT2D eigenvalue weighted by Crippen LogP contribution is -2.44. The van der Waals surface area contributed by atoms with Crippen LogP contribution >= 0.6 is 11.8 Å². The summed E-state index contributed by atoms with van der Waals surface area (Å²) in [5.41, 5.74) is 0.927. The Bertz CT molecular complexity index is 782. The minimum atomic E-state index is -0.502. The largest absolute Gasteiger partial charge is 0.489 e. The van der Waals surface area contributed by atoms with Crippen molar-refractivity contribution in [1.82, 2.24) is 0 Å². The zero-order valence-corrected chi connectivity index (χ0v) is 17.0. The molecule has 0 saturated carbocycles. The number of carbonyl (C=O) groups excluding carboxylic acids is 2. The van der Waals surface area contributed by atoms with E-state index in [0.29, 0.717) is 30.0 Å². The summed E-state index contributed by atoms with van der Waals surface area (Å²) in [5, 5.41) is 0. The normalized spacial score (nSPS) is 23.9. The number of hydrogen-bond acceptors (Lipinski definition) is 6. The molecule has 152 valence electrons. The second-order valence-electron chi connectivity index (χ2n) is 7.70. The number of halogens is 1. The highest BCUT2D eigenvalue weighted by Gasteiger charge is 2.46. The molecule has 3 aliphatic heterocycles. The van der Waals surface area contributed by atoms with Crippen LogP contribution < -0.4 is 14.5 Å². The maximum Gasteiger partial charge on any atom is 0.415 e. The van der Waals surface area contributed by atoms with Crippen LogP contribution in [0.2, 0.25) is 0 Å². The molecule has 8 heteroatoms. The van der Waals surface area contributed by atoms with E-state index in [1.54, 1.807) is 6.07 Å². The van der Waals surface area contributed by atoms with Crippen molar-refractivity contribution in [2.24, 2.45) is 5.92 Å². The maximum absolute atomic E-state index is 14.9. The lowest BCUT2D eigenvalue weighted by Gasteiger charge is -2.34. The van der Waals surface area contributed by atoms with E-state index < -0.39 is 12.2 Å². The van der Waals surface area contributed by atoms with Gasteiger partial charge in [-0.05, 0) is 6.42 Å². The van der Waals surface area contributed by atoms with Gasteiger partial charge in [-0.15, -0.1) is 0 Å². The van der Waals surface area contributed by atoms with Crippen molar-refractivity contribution in [3.63, 3.8) is 0 Å². The molecule has 0 radical (unpaired) electrons. The standard InChI is InChI=1S/C20H25FN2O4S/c1-12(2)17(24)3-4-18-16-11-26-19-10-14(22-5-7-28-8-6-22)13(21)9-15(19)23(16)20(25)27-18/h9-10,12,16,18H,3-8,11H2,1-2H3/t16-,18-/m0/s1. The fraction of sp³-hybridized carbons (Fsp3) is 0.600. The molecular weight excluding hydrogens is 383 g/mol. The zero-order chi connectivity index (χ0) is 19.8. The van der Waals surface area contributed by atoms with E-state index in [1.165, 1.54) is 11.0 Å². The monoisotopic (exact) mass is 408 g/mol. The van der Waals surface area contributed by atoms with Crippen molar-refractivity contribution >= 4 is 35.0 Å². The number of hydrogen-bond donors (Lipinski definition) is 0. The van der Waals surface area contributed by atoms with E-state index in [9.17, 15) is 14.0 Å². The first-order valence-electron chi connectivity index (χ1n) is 9.77. The summed E-state index contributed by atoms with van der Waals surface area (Å²) in [7, 11) is 0. The van der Waals surface area contributed by atoms with E-state index in [1.807, 2.05) is 30.5 Å². The van der Waals surface area contributed by atoms with E-state index in [0.717, 1.165) is 24.6 Å². The Morgan fingerprint density at radius 3 is 2.75 bits per heavy atom. The van der Waals surface area contributed by atoms with Gasteiger partial charge in [0.05, 0.1) is 11.4 Å². The molecule has 0 unspecified atom stereocenters. The number of Topliss-reactive ketones (excluding diaryl/α,β-unsaturated/α-hetero) is 1. The first-order valence-corrected chi connectivity index (χ1v) is 10.9. The van der Waals surface area contributed by atoms with Crippen LogP contribution in [0.4, 0.5) is 20.6 Å².